The van der Waals surface area contributed by atoms with Crippen LogP contribution < -0.4 is 10.6 Å². The van der Waals surface area contributed by atoms with E-state index in [0.717, 1.165) is 30.8 Å². The van der Waals surface area contributed by atoms with Gasteiger partial charge in [-0.05, 0) is 45.4 Å². The molecule has 108 valence electrons. The zero-order valence-corrected chi connectivity index (χ0v) is 13.0. The summed E-state index contributed by atoms with van der Waals surface area (Å²) in [5, 5.41) is 8.23. The molecule has 0 unspecified atom stereocenters. The number of hydrogen-bond donors (Lipinski definition) is 2. The third-order valence-electron chi connectivity index (χ3n) is 3.20. The van der Waals surface area contributed by atoms with Crippen molar-refractivity contribution in [2.45, 2.75) is 39.8 Å². The Hall–Kier alpha value is -1.45. The van der Waals surface area contributed by atoms with Crippen LogP contribution in [0.1, 0.15) is 32.0 Å². The fraction of sp³-hybridized carbons (Fsp3) is 0.471. The van der Waals surface area contributed by atoms with Crippen LogP contribution in [0.5, 0.6) is 0 Å². The summed E-state index contributed by atoms with van der Waals surface area (Å²) in [5.74, 6) is 0. The molecule has 1 aromatic heterocycles. The van der Waals surface area contributed by atoms with Crippen LogP contribution in [0, 0.1) is 6.92 Å². The average molecular weight is 271 g/mol. The number of aromatic nitrogens is 1. The maximum Gasteiger partial charge on any atom is 0.0708 e. The fourth-order valence-electron chi connectivity index (χ4n) is 2.29. The van der Waals surface area contributed by atoms with Gasteiger partial charge in [-0.25, -0.2) is 0 Å². The molecule has 2 rings (SSSR count). The summed E-state index contributed by atoms with van der Waals surface area (Å²) >= 11 is 0. The van der Waals surface area contributed by atoms with Gasteiger partial charge in [-0.2, -0.15) is 0 Å². The predicted octanol–water partition coefficient (Wildman–Crippen LogP) is 3.02. The number of aryl methyl sites for hydroxylation is 1. The van der Waals surface area contributed by atoms with Gasteiger partial charge in [0.15, 0.2) is 0 Å². The van der Waals surface area contributed by atoms with Gasteiger partial charge in [0, 0.05) is 36.3 Å². The van der Waals surface area contributed by atoms with E-state index < -0.39 is 0 Å². The Balaban J connectivity index is 1.96. The van der Waals surface area contributed by atoms with E-state index in [1.807, 2.05) is 6.07 Å². The van der Waals surface area contributed by atoms with Crippen molar-refractivity contribution in [2.24, 2.45) is 0 Å². The normalized spacial score (nSPS) is 12.0. The van der Waals surface area contributed by atoms with E-state index in [-0.39, 0.29) is 5.54 Å². The molecule has 3 nitrogen and oxygen atoms in total. The summed E-state index contributed by atoms with van der Waals surface area (Å²) < 4.78 is 0. The van der Waals surface area contributed by atoms with Crippen molar-refractivity contribution in [1.82, 2.24) is 15.6 Å². The molecule has 3 heteroatoms. The Labute approximate surface area is 121 Å². The highest BCUT2D eigenvalue weighted by Crippen LogP contribution is 2.17. The smallest absolute Gasteiger partial charge is 0.0708 e. The monoisotopic (exact) mass is 271 g/mol. The first-order valence-corrected chi connectivity index (χ1v) is 7.27. The van der Waals surface area contributed by atoms with Crippen LogP contribution >= 0.6 is 0 Å². The molecule has 0 amide bonds. The molecule has 0 fully saturated rings. The largest absolute Gasteiger partial charge is 0.311 e. The highest BCUT2D eigenvalue weighted by Gasteiger charge is 2.07. The highest BCUT2D eigenvalue weighted by molar-refractivity contribution is 5.82. The van der Waals surface area contributed by atoms with Gasteiger partial charge in [0.1, 0.15) is 0 Å². The summed E-state index contributed by atoms with van der Waals surface area (Å²) in [6, 6.07) is 10.5. The molecule has 0 aliphatic rings. The lowest BCUT2D eigenvalue weighted by atomic mass is 10.1. The van der Waals surface area contributed by atoms with Crippen molar-refractivity contribution < 1.29 is 0 Å². The van der Waals surface area contributed by atoms with E-state index in [1.165, 1.54) is 10.9 Å². The summed E-state index contributed by atoms with van der Waals surface area (Å²) in [6.45, 7) is 11.4. The van der Waals surface area contributed by atoms with Crippen LogP contribution in [0.25, 0.3) is 10.9 Å². The van der Waals surface area contributed by atoms with Gasteiger partial charge in [-0.3, -0.25) is 4.98 Å². The molecule has 0 radical (unpaired) electrons. The second-order valence-corrected chi connectivity index (χ2v) is 6.29. The summed E-state index contributed by atoms with van der Waals surface area (Å²) in [5.41, 5.74) is 3.66. The van der Waals surface area contributed by atoms with Crippen LogP contribution in [-0.4, -0.2) is 23.6 Å². The van der Waals surface area contributed by atoms with Gasteiger partial charge in [-0.1, -0.05) is 18.2 Å². The standard InChI is InChI=1S/C17H25N3/c1-13-11-14(12-18-9-10-19-17(2,3)4)15-7-5-6-8-16(15)20-13/h5-8,11,18-19H,9-10,12H2,1-4H3. The van der Waals surface area contributed by atoms with Crippen LogP contribution in [0.3, 0.4) is 0 Å². The first-order valence-electron chi connectivity index (χ1n) is 7.27. The molecule has 0 atom stereocenters. The first kappa shape index (κ1) is 14.9. The van der Waals surface area contributed by atoms with E-state index in [9.17, 15) is 0 Å². The molecule has 0 saturated heterocycles. The zero-order valence-electron chi connectivity index (χ0n) is 13.0. The van der Waals surface area contributed by atoms with Crippen molar-refractivity contribution in [1.29, 1.82) is 0 Å². The Bertz CT molecular complexity index is 570. The predicted molar refractivity (Wildman–Crippen MR) is 85.9 cm³/mol. The molecule has 1 aromatic carbocycles. The quantitative estimate of drug-likeness (QED) is 0.821. The van der Waals surface area contributed by atoms with Crippen LogP contribution in [-0.2, 0) is 6.54 Å². The van der Waals surface area contributed by atoms with Crippen molar-refractivity contribution in [3.05, 3.63) is 41.6 Å². The molecule has 0 aliphatic carbocycles. The van der Waals surface area contributed by atoms with Crippen molar-refractivity contribution >= 4 is 10.9 Å². The number of nitrogens with zero attached hydrogens (tertiary/aromatic N) is 1. The number of fused-ring (bicyclic) bond motifs is 1. The zero-order chi connectivity index (χ0) is 14.6. The maximum atomic E-state index is 4.57. The van der Waals surface area contributed by atoms with Crippen molar-refractivity contribution in [3.8, 4) is 0 Å². The van der Waals surface area contributed by atoms with Crippen molar-refractivity contribution in [3.63, 3.8) is 0 Å². The molecule has 0 spiro atoms. The van der Waals surface area contributed by atoms with E-state index in [4.69, 9.17) is 0 Å². The molecule has 20 heavy (non-hydrogen) atoms. The second-order valence-electron chi connectivity index (χ2n) is 6.29. The minimum atomic E-state index is 0.182. The van der Waals surface area contributed by atoms with Gasteiger partial charge in [0.2, 0.25) is 0 Å². The van der Waals surface area contributed by atoms with Gasteiger partial charge < -0.3 is 10.6 Å². The minimum absolute atomic E-state index is 0.182. The second kappa shape index (κ2) is 6.33. The topological polar surface area (TPSA) is 37.0 Å². The van der Waals surface area contributed by atoms with Gasteiger partial charge in [-0.15, -0.1) is 0 Å². The molecular weight excluding hydrogens is 246 g/mol. The van der Waals surface area contributed by atoms with Crippen LogP contribution in [0.2, 0.25) is 0 Å². The fourth-order valence-corrected chi connectivity index (χ4v) is 2.29. The Morgan fingerprint density at radius 1 is 1.10 bits per heavy atom. The number of rotatable bonds is 5. The number of pyridine rings is 1. The summed E-state index contributed by atoms with van der Waals surface area (Å²) in [4.78, 5) is 4.57. The van der Waals surface area contributed by atoms with Crippen molar-refractivity contribution in [2.75, 3.05) is 13.1 Å². The molecular formula is C17H25N3. The Morgan fingerprint density at radius 3 is 2.60 bits per heavy atom. The van der Waals surface area contributed by atoms with E-state index in [0.29, 0.717) is 0 Å². The van der Waals surface area contributed by atoms with Gasteiger partial charge in [0.05, 0.1) is 5.52 Å². The first-order chi connectivity index (χ1) is 9.46. The molecule has 0 bridgehead atoms. The minimum Gasteiger partial charge on any atom is -0.311 e. The molecule has 0 saturated carbocycles. The van der Waals surface area contributed by atoms with Gasteiger partial charge in [0.25, 0.3) is 0 Å². The Kier molecular flexibility index (Phi) is 4.73. The lowest BCUT2D eigenvalue weighted by molar-refractivity contribution is 0.421. The van der Waals surface area contributed by atoms with Gasteiger partial charge >= 0.3 is 0 Å². The van der Waals surface area contributed by atoms with E-state index in [2.05, 4.69) is 67.6 Å². The lowest BCUT2D eigenvalue weighted by Crippen LogP contribution is -2.40. The van der Waals surface area contributed by atoms with Crippen LogP contribution in [0.15, 0.2) is 30.3 Å². The third-order valence-corrected chi connectivity index (χ3v) is 3.20. The number of para-hydroxylation sites is 1. The number of hydrogen-bond acceptors (Lipinski definition) is 3. The molecule has 1 heterocycles. The summed E-state index contributed by atoms with van der Waals surface area (Å²) in [6.07, 6.45) is 0. The summed E-state index contributed by atoms with van der Waals surface area (Å²) in [7, 11) is 0. The third kappa shape index (κ3) is 4.29. The molecule has 2 N–H and O–H groups in total. The number of nitrogens with one attached hydrogen (secondary N) is 2. The number of benzene rings is 1. The molecule has 0 aliphatic heterocycles. The van der Waals surface area contributed by atoms with E-state index >= 15 is 0 Å². The maximum absolute atomic E-state index is 4.57. The van der Waals surface area contributed by atoms with Crippen LogP contribution in [0.4, 0.5) is 0 Å². The highest BCUT2D eigenvalue weighted by atomic mass is 15.0. The SMILES string of the molecule is Cc1cc(CNCCNC(C)(C)C)c2ccccc2n1. The van der Waals surface area contributed by atoms with E-state index in [1.54, 1.807) is 0 Å². The average Bonchev–Trinajstić information content (AvgIpc) is 2.36. The lowest BCUT2D eigenvalue weighted by Gasteiger charge is -2.20. The Morgan fingerprint density at radius 2 is 1.85 bits per heavy atom. The molecule has 2 aromatic rings.